The monoisotopic (exact) mass is 884 g/mol. The number of piperidine rings is 1. The summed E-state index contributed by atoms with van der Waals surface area (Å²) in [4.78, 5) is 80.6. The molecule has 0 bridgehead atoms. The Labute approximate surface area is 373 Å². The van der Waals surface area contributed by atoms with Gasteiger partial charge in [0.1, 0.15) is 0 Å². The van der Waals surface area contributed by atoms with Gasteiger partial charge in [0.05, 0.1) is 46.5 Å². The second kappa shape index (κ2) is 20.3. The van der Waals surface area contributed by atoms with Gasteiger partial charge in [-0.1, -0.05) is 31.5 Å². The molecule has 4 heterocycles. The van der Waals surface area contributed by atoms with Gasteiger partial charge in [0, 0.05) is 93.2 Å². The van der Waals surface area contributed by atoms with Crippen molar-refractivity contribution in [1.29, 1.82) is 0 Å². The molecule has 3 N–H and O–H groups in total. The van der Waals surface area contributed by atoms with Gasteiger partial charge in [-0.25, -0.2) is 4.98 Å². The molecule has 0 saturated carbocycles. The van der Waals surface area contributed by atoms with Crippen LogP contribution in [0.3, 0.4) is 0 Å². The molecule has 16 heteroatoms. The fraction of sp³-hybridized carbons (Fsp3) is 0.553. The van der Waals surface area contributed by atoms with Gasteiger partial charge in [-0.3, -0.25) is 38.4 Å². The van der Waals surface area contributed by atoms with E-state index in [0.717, 1.165) is 52.9 Å². The van der Waals surface area contributed by atoms with Crippen LogP contribution in [-0.4, -0.2) is 129 Å². The molecule has 0 unspecified atom stereocenters. The molecule has 0 atom stereocenters. The molecule has 2 fully saturated rings. The number of benzene rings is 2. The molecule has 338 valence electrons. The van der Waals surface area contributed by atoms with E-state index >= 15 is 0 Å². The summed E-state index contributed by atoms with van der Waals surface area (Å²) in [5.74, 6) is -0.287. The van der Waals surface area contributed by atoms with Gasteiger partial charge in [-0.2, -0.15) is 0 Å². The normalized spacial score (nSPS) is 16.8. The summed E-state index contributed by atoms with van der Waals surface area (Å²) in [6.45, 7) is 10.7. The first kappa shape index (κ1) is 46.0. The largest absolute Gasteiger partial charge is 0.388 e. The number of rotatable bonds is 16. The summed E-state index contributed by atoms with van der Waals surface area (Å²) in [5.41, 5.74) is 2.36. The molecule has 2 aromatic carbocycles. The van der Waals surface area contributed by atoms with Gasteiger partial charge in [0.25, 0.3) is 11.5 Å². The van der Waals surface area contributed by atoms with Gasteiger partial charge in [0.2, 0.25) is 17.7 Å². The zero-order chi connectivity index (χ0) is 44.7. The Morgan fingerprint density at radius 1 is 0.921 bits per heavy atom. The Kier molecular flexibility index (Phi) is 14.8. The highest BCUT2D eigenvalue weighted by Crippen LogP contribution is 2.33. The minimum Gasteiger partial charge on any atom is -0.388 e. The van der Waals surface area contributed by atoms with Crippen LogP contribution in [0.4, 0.5) is 5.69 Å². The third-order valence-electron chi connectivity index (χ3n) is 12.9. The van der Waals surface area contributed by atoms with Crippen molar-refractivity contribution in [1.82, 2.24) is 34.6 Å². The van der Waals surface area contributed by atoms with E-state index in [2.05, 4.69) is 15.6 Å². The number of nitrogens with one attached hydrogen (secondary N) is 2. The van der Waals surface area contributed by atoms with E-state index in [9.17, 15) is 29.1 Å². The highest BCUT2D eigenvalue weighted by atomic mass is 35.5. The van der Waals surface area contributed by atoms with Crippen LogP contribution in [0.1, 0.15) is 93.8 Å². The molecule has 0 radical (unpaired) electrons. The number of aliphatic hydroxyl groups is 1. The first-order valence-corrected chi connectivity index (χ1v) is 22.9. The Morgan fingerprint density at radius 3 is 2.43 bits per heavy atom. The number of aryl methyl sites for hydroxylation is 1. The van der Waals surface area contributed by atoms with E-state index in [1.165, 1.54) is 10.9 Å². The standard InChI is InChI=1S/C47H61ClN8O7/c1-4-63-26-18-46(2,3)45(61)55-24-22-53(23-25-55)29-40(57)51-33-13-15-36-38(28-33)50-31-56(44(36)60)30-47(62)16-20-54(21-17-47)41(58)11-7-8-19-49-43(59)32-12-14-35-39(27-32)52-37-10-6-5-9-34(37)42(35)48/h12-15,27-28,31,62H,4-11,16-26,29-30H2,1-3H3,(H,49,59)(H,51,57). The summed E-state index contributed by atoms with van der Waals surface area (Å²) >= 11 is 6.70. The second-order valence-electron chi connectivity index (χ2n) is 18.0. The summed E-state index contributed by atoms with van der Waals surface area (Å²) in [6, 6.07) is 10.4. The maximum Gasteiger partial charge on any atom is 0.261 e. The number of carbonyl (C=O) groups excluding carboxylic acids is 4. The molecule has 63 heavy (non-hydrogen) atoms. The molecular weight excluding hydrogens is 824 g/mol. The fourth-order valence-corrected chi connectivity index (χ4v) is 9.25. The Hall–Kier alpha value is -4.96. The predicted octanol–water partition coefficient (Wildman–Crippen LogP) is 4.97. The number of aromatic nitrogens is 3. The van der Waals surface area contributed by atoms with Crippen LogP contribution < -0.4 is 16.2 Å². The summed E-state index contributed by atoms with van der Waals surface area (Å²) in [6.07, 6.45) is 8.33. The van der Waals surface area contributed by atoms with E-state index in [-0.39, 0.29) is 42.3 Å². The van der Waals surface area contributed by atoms with E-state index in [4.69, 9.17) is 21.3 Å². The van der Waals surface area contributed by atoms with E-state index in [1.54, 1.807) is 35.2 Å². The first-order chi connectivity index (χ1) is 30.2. The highest BCUT2D eigenvalue weighted by molar-refractivity contribution is 6.36. The van der Waals surface area contributed by atoms with E-state index in [0.29, 0.717) is 120 Å². The maximum absolute atomic E-state index is 13.5. The lowest BCUT2D eigenvalue weighted by molar-refractivity contribution is -0.143. The average molecular weight is 886 g/mol. The number of carbonyl (C=O) groups is 4. The van der Waals surface area contributed by atoms with Gasteiger partial charge in [-0.15, -0.1) is 0 Å². The number of halogens is 1. The topological polar surface area (TPSA) is 179 Å². The van der Waals surface area contributed by atoms with Gasteiger partial charge >= 0.3 is 0 Å². The minimum absolute atomic E-state index is 0.000408. The van der Waals surface area contributed by atoms with Crippen molar-refractivity contribution in [2.24, 2.45) is 5.41 Å². The molecule has 3 aliphatic rings. The Morgan fingerprint density at radius 2 is 1.67 bits per heavy atom. The molecule has 7 rings (SSSR count). The molecule has 2 aromatic heterocycles. The number of unbranched alkanes of at least 4 members (excludes halogenated alkanes) is 1. The number of pyridine rings is 1. The second-order valence-corrected chi connectivity index (χ2v) is 18.3. The van der Waals surface area contributed by atoms with Crippen LogP contribution >= 0.6 is 11.6 Å². The summed E-state index contributed by atoms with van der Waals surface area (Å²) < 4.78 is 6.87. The number of anilines is 1. The fourth-order valence-electron chi connectivity index (χ4n) is 8.89. The predicted molar refractivity (Wildman–Crippen MR) is 243 cm³/mol. The van der Waals surface area contributed by atoms with E-state index < -0.39 is 11.0 Å². The molecule has 4 aromatic rings. The van der Waals surface area contributed by atoms with Crippen LogP contribution in [0, 0.1) is 5.41 Å². The lowest BCUT2D eigenvalue weighted by atomic mass is 9.87. The van der Waals surface area contributed by atoms with Crippen LogP contribution in [0.25, 0.3) is 21.8 Å². The number of ether oxygens (including phenoxy) is 1. The SMILES string of the molecule is CCOCCC(C)(C)C(=O)N1CCN(CC(=O)Nc2ccc3c(=O)n(CC4(O)CCN(C(=O)CCCCNC(=O)c5ccc6c(Cl)c7c(nc6c5)CCCC7)CC4)cnc3c2)CC1. The van der Waals surface area contributed by atoms with Crippen LogP contribution in [0.5, 0.6) is 0 Å². The molecule has 0 spiro atoms. The highest BCUT2D eigenvalue weighted by Gasteiger charge is 2.35. The zero-order valence-corrected chi connectivity index (χ0v) is 37.6. The molecule has 15 nitrogen and oxygen atoms in total. The number of hydrogen-bond donors (Lipinski definition) is 3. The maximum atomic E-state index is 13.5. The zero-order valence-electron chi connectivity index (χ0n) is 36.8. The van der Waals surface area contributed by atoms with Crippen molar-refractivity contribution in [2.45, 2.75) is 97.1 Å². The molecule has 2 saturated heterocycles. The Bertz CT molecular complexity index is 2390. The van der Waals surface area contributed by atoms with Crippen molar-refractivity contribution < 1.29 is 29.0 Å². The van der Waals surface area contributed by atoms with Gasteiger partial charge in [-0.05, 0) is 101 Å². The minimum atomic E-state index is -1.18. The third-order valence-corrected chi connectivity index (χ3v) is 13.3. The van der Waals surface area contributed by atoms with Crippen molar-refractivity contribution in [3.8, 4) is 0 Å². The Balaban J connectivity index is 0.818. The number of piperazine rings is 1. The molecular formula is C47H61ClN8O7. The van der Waals surface area contributed by atoms with Crippen molar-refractivity contribution >= 4 is 62.7 Å². The summed E-state index contributed by atoms with van der Waals surface area (Å²) in [5, 5.41) is 19.3. The number of fused-ring (bicyclic) bond motifs is 3. The lowest BCUT2D eigenvalue weighted by Crippen LogP contribution is -2.53. The van der Waals surface area contributed by atoms with E-state index in [1.807, 2.05) is 36.6 Å². The average Bonchev–Trinajstić information content (AvgIpc) is 3.27. The number of nitrogens with zero attached hydrogens (tertiary/aromatic N) is 6. The molecule has 1 aliphatic carbocycles. The van der Waals surface area contributed by atoms with Crippen molar-refractivity contribution in [3.05, 3.63) is 74.9 Å². The number of likely N-dealkylation sites (tertiary alicyclic amines) is 1. The smallest absolute Gasteiger partial charge is 0.261 e. The van der Waals surface area contributed by atoms with Crippen LogP contribution in [0.15, 0.2) is 47.5 Å². The van der Waals surface area contributed by atoms with Crippen LogP contribution in [0.2, 0.25) is 5.02 Å². The van der Waals surface area contributed by atoms with Crippen molar-refractivity contribution in [2.75, 3.05) is 70.9 Å². The lowest BCUT2D eigenvalue weighted by Gasteiger charge is -2.38. The quantitative estimate of drug-likeness (QED) is 0.130. The van der Waals surface area contributed by atoms with Gasteiger partial charge < -0.3 is 30.3 Å². The molecule has 2 aliphatic heterocycles. The molecule has 4 amide bonds. The van der Waals surface area contributed by atoms with Crippen LogP contribution in [-0.2, 0) is 38.5 Å². The van der Waals surface area contributed by atoms with Crippen molar-refractivity contribution in [3.63, 3.8) is 0 Å². The number of amides is 4. The van der Waals surface area contributed by atoms with Gasteiger partial charge in [0.15, 0.2) is 0 Å². The number of hydrogen-bond acceptors (Lipinski definition) is 10. The first-order valence-electron chi connectivity index (χ1n) is 22.5. The summed E-state index contributed by atoms with van der Waals surface area (Å²) in [7, 11) is 0. The third kappa shape index (κ3) is 11.2.